The van der Waals surface area contributed by atoms with E-state index in [1.54, 1.807) is 13.8 Å². The van der Waals surface area contributed by atoms with Crippen molar-refractivity contribution in [2.45, 2.75) is 309 Å². The van der Waals surface area contributed by atoms with Crippen molar-refractivity contribution in [3.63, 3.8) is 0 Å². The molecule has 18 rings (SSSR count). The summed E-state index contributed by atoms with van der Waals surface area (Å²) in [7, 11) is 0. The van der Waals surface area contributed by atoms with E-state index in [9.17, 15) is 81.5 Å². The summed E-state index contributed by atoms with van der Waals surface area (Å²) in [6, 6.07) is 0. The fraction of sp³-hybridized carbons (Fsp3) is 0.691. The quantitative estimate of drug-likeness (QED) is 0.0522. The van der Waals surface area contributed by atoms with E-state index < -0.39 is 129 Å². The molecule has 700 valence electrons. The SMILES string of the molecule is C=C(C)C(=O)OC(C)(C)C(=O)OC1(C)C2CC3C(=O)OC1C3C2.C=C(C)C(=O)OC(C)(C)C(=O)OC1C2CC3C(=O)OC1(C)C3C2.C=C(C)C(=O)OC(C)(C)C(=O)OC1C2CC3C(=O)OC1C3C2.C=C(C)C(=O)OC(C)(C)C(=O)OC1C2OC(=O)C3CC1(C)CC32.C=C(C)C(=O)OC1CC2CCC1(C)OC2=O.C=C(C)C(=O)OCCC(=O)OC1C2CC3C(=O)OC1C3C2. The van der Waals surface area contributed by atoms with Crippen molar-refractivity contribution < 1.29 is 162 Å². The molecule has 28 atom stereocenters. The van der Waals surface area contributed by atoms with Gasteiger partial charge in [-0.05, 0) is 195 Å². The van der Waals surface area contributed by atoms with Crippen molar-refractivity contribution in [3.05, 3.63) is 72.9 Å². The molecule has 0 spiro atoms. The highest BCUT2D eigenvalue weighted by Gasteiger charge is 2.74. The first kappa shape index (κ1) is 96.5. The third kappa shape index (κ3) is 18.4. The second-order valence-electron chi connectivity index (χ2n) is 40.7. The van der Waals surface area contributed by atoms with Gasteiger partial charge in [0.15, 0.2) is 0 Å². The number of carbonyl (C=O) groups excluding carboxylic acids is 17. The minimum atomic E-state index is -1.43. The van der Waals surface area contributed by atoms with Crippen LogP contribution in [0.4, 0.5) is 0 Å². The lowest BCUT2D eigenvalue weighted by molar-refractivity contribution is -0.216. The predicted octanol–water partition coefficient (Wildman–Crippen LogP) is 9.26. The van der Waals surface area contributed by atoms with E-state index in [-0.39, 0.29) is 196 Å². The third-order valence-electron chi connectivity index (χ3n) is 28.9. The number of hydrogen-bond acceptors (Lipinski definition) is 34. The van der Waals surface area contributed by atoms with Crippen molar-refractivity contribution in [1.82, 2.24) is 0 Å². The highest BCUT2D eigenvalue weighted by molar-refractivity contribution is 5.94. The molecule has 18 fully saturated rings. The number of rotatable bonds is 23. The Hall–Kier alpha value is -10.6. The van der Waals surface area contributed by atoms with E-state index in [2.05, 4.69) is 39.5 Å². The van der Waals surface area contributed by atoms with Gasteiger partial charge in [0.2, 0.25) is 22.4 Å². The van der Waals surface area contributed by atoms with Crippen LogP contribution in [0.15, 0.2) is 72.9 Å². The molecule has 128 heavy (non-hydrogen) atoms. The number of esters is 17. The fourth-order valence-electron chi connectivity index (χ4n) is 21.9. The van der Waals surface area contributed by atoms with Gasteiger partial charge in [-0.15, -0.1) is 0 Å². The van der Waals surface area contributed by atoms with Crippen molar-refractivity contribution in [2.24, 2.45) is 94.2 Å². The predicted molar refractivity (Wildman–Crippen MR) is 438 cm³/mol. The summed E-state index contributed by atoms with van der Waals surface area (Å²) in [5.41, 5.74) is -6.65. The zero-order valence-corrected chi connectivity index (χ0v) is 76.1. The Labute approximate surface area is 742 Å². The number of ether oxygens (including phenoxy) is 17. The molecule has 18 aliphatic rings. The molecule has 7 saturated heterocycles. The number of carbonyl (C=O) groups is 17. The summed E-state index contributed by atoms with van der Waals surface area (Å²) in [4.78, 5) is 201. The first-order valence-corrected chi connectivity index (χ1v) is 43.9. The van der Waals surface area contributed by atoms with Crippen molar-refractivity contribution in [3.8, 4) is 0 Å². The van der Waals surface area contributed by atoms with E-state index in [0.29, 0.717) is 43.3 Å². The normalized spacial score (nSPS) is 36.7. The van der Waals surface area contributed by atoms with E-state index in [4.69, 9.17) is 80.5 Å². The Balaban J connectivity index is 0.000000140. The van der Waals surface area contributed by atoms with Crippen LogP contribution in [0.5, 0.6) is 0 Å². The minimum absolute atomic E-state index is 0.00297. The number of fused-ring (bicyclic) bond motifs is 8. The standard InChI is InChI=1S/3C17H22O6.C16H20O6.C15H18O6.C12H16O4/c1-8(2)13(18)23-16(3,4)15(20)22-12-11-9-6-17(12,5)7-10(9)14(19)21-11;1-8(2)13(18)22-16(3,4)15(20)23-17(5)9-6-10-11(7-9)14(19)21-12(10)17;1-8(2)13(18)22-16(3,4)15(20)21-12-9-6-10-11(7-9)17(12,5)23-14(10)19;1-7(2)13(17)22-16(3,4)15(19)21-11-8-5-9-10(6-8)14(18)20-12(9)11;1-7(2)14(17)19-4-3-11(16)20-12-8-5-9-10(6-8)15(18)21-13(9)12;1-7(2)10(13)15-9-6-8-4-5-12(9,3)16-11(8)14/h3*9-12H,1,6-7H2,2-5H3;8-12H,1,5-6H2,2-4H3;8-10,12-13H,1,3-6H2,2H3;8-9H,1,4-6H2,2-3H3. The smallest absolute Gasteiger partial charge is 0.350 e. The van der Waals surface area contributed by atoms with Gasteiger partial charge in [-0.1, -0.05) is 46.4 Å². The molecule has 7 aliphatic heterocycles. The maximum absolute atomic E-state index is 12.5. The first-order chi connectivity index (χ1) is 59.3. The van der Waals surface area contributed by atoms with E-state index in [1.165, 1.54) is 83.1 Å². The molecular formula is C94H120O34. The summed E-state index contributed by atoms with van der Waals surface area (Å²) in [6.07, 6.45) is 6.49. The highest BCUT2D eigenvalue weighted by atomic mass is 16.7. The van der Waals surface area contributed by atoms with Crippen LogP contribution in [0.1, 0.15) is 215 Å². The zero-order valence-electron chi connectivity index (χ0n) is 76.1. The first-order valence-electron chi connectivity index (χ1n) is 43.9. The van der Waals surface area contributed by atoms with Gasteiger partial charge in [0, 0.05) is 98.5 Å². The second kappa shape index (κ2) is 35.0. The van der Waals surface area contributed by atoms with Crippen molar-refractivity contribution in [1.29, 1.82) is 0 Å². The maximum atomic E-state index is 12.5. The lowest BCUT2D eigenvalue weighted by Gasteiger charge is -2.47. The van der Waals surface area contributed by atoms with Crippen molar-refractivity contribution in [2.75, 3.05) is 6.61 Å². The molecule has 7 heterocycles. The topological polar surface area (TPSA) is 447 Å². The molecule has 11 aliphatic carbocycles. The lowest BCUT2D eigenvalue weighted by atomic mass is 9.74. The van der Waals surface area contributed by atoms with Gasteiger partial charge >= 0.3 is 101 Å². The van der Waals surface area contributed by atoms with Crippen LogP contribution in [0.2, 0.25) is 0 Å². The van der Waals surface area contributed by atoms with Crippen LogP contribution in [0.3, 0.4) is 0 Å². The van der Waals surface area contributed by atoms with Gasteiger partial charge in [0.05, 0.1) is 41.9 Å². The molecule has 0 aromatic heterocycles. The monoisotopic (exact) mass is 1790 g/mol. The molecular weight excluding hydrogens is 1670 g/mol. The van der Waals surface area contributed by atoms with Gasteiger partial charge in [0.25, 0.3) is 0 Å². The molecule has 0 aromatic carbocycles. The molecule has 11 saturated carbocycles. The molecule has 34 nitrogen and oxygen atoms in total. The summed E-state index contributed by atoms with van der Waals surface area (Å²) in [5.74, 6) is -6.44. The maximum Gasteiger partial charge on any atom is 0.350 e. The van der Waals surface area contributed by atoms with Crippen LogP contribution < -0.4 is 0 Å². The summed E-state index contributed by atoms with van der Waals surface area (Å²) < 4.78 is 91.2. The Morgan fingerprint density at radius 1 is 0.398 bits per heavy atom. The third-order valence-corrected chi connectivity index (χ3v) is 28.9. The summed E-state index contributed by atoms with van der Waals surface area (Å²) in [6.45, 7) is 49.5. The Morgan fingerprint density at radius 2 is 0.836 bits per heavy atom. The highest BCUT2D eigenvalue weighted by Crippen LogP contribution is 2.65. The van der Waals surface area contributed by atoms with Gasteiger partial charge in [-0.25, -0.2) is 47.9 Å². The summed E-state index contributed by atoms with van der Waals surface area (Å²) >= 11 is 0. The minimum Gasteiger partial charge on any atom is -0.462 e. The molecule has 0 aromatic rings. The largest absolute Gasteiger partial charge is 0.462 e. The van der Waals surface area contributed by atoms with Crippen LogP contribution in [-0.4, -0.2) is 202 Å². The fourth-order valence-corrected chi connectivity index (χ4v) is 21.9. The average molecular weight is 1790 g/mol. The average Bonchev–Trinajstić information content (AvgIpc) is 1.73. The summed E-state index contributed by atoms with van der Waals surface area (Å²) in [5, 5.41) is 0. The van der Waals surface area contributed by atoms with Gasteiger partial charge in [-0.2, -0.15) is 0 Å². The van der Waals surface area contributed by atoms with Gasteiger partial charge in [-0.3, -0.25) is 33.6 Å². The number of hydrogen-bond donors (Lipinski definition) is 0. The molecule has 0 radical (unpaired) electrons. The molecule has 34 heteroatoms. The van der Waals surface area contributed by atoms with Crippen LogP contribution in [-0.2, 0) is 162 Å². The van der Waals surface area contributed by atoms with E-state index in [1.807, 2.05) is 27.7 Å². The van der Waals surface area contributed by atoms with Crippen LogP contribution in [0, 0.1) is 94.2 Å². The Bertz CT molecular complexity index is 4690. The second-order valence-corrected chi connectivity index (χ2v) is 40.7. The molecule has 12 bridgehead atoms. The van der Waals surface area contributed by atoms with Crippen molar-refractivity contribution >= 4 is 101 Å². The zero-order chi connectivity index (χ0) is 94.8. The van der Waals surface area contributed by atoms with Crippen LogP contribution >= 0.6 is 0 Å². The van der Waals surface area contributed by atoms with Crippen LogP contribution in [0.25, 0.3) is 0 Å². The molecule has 28 unspecified atom stereocenters. The Morgan fingerprint density at radius 3 is 1.32 bits per heavy atom. The lowest BCUT2D eigenvalue weighted by Crippen LogP contribution is -2.57. The van der Waals surface area contributed by atoms with Gasteiger partial charge in [0.1, 0.15) is 78.3 Å². The molecule has 0 N–H and O–H groups in total. The van der Waals surface area contributed by atoms with E-state index >= 15 is 0 Å². The van der Waals surface area contributed by atoms with Gasteiger partial charge < -0.3 is 80.5 Å². The van der Waals surface area contributed by atoms with E-state index in [0.717, 1.165) is 51.4 Å². The Kier molecular flexibility index (Phi) is 26.4. The molecule has 0 amide bonds.